The molecule has 0 saturated carbocycles. The number of amides is 3. The lowest BCUT2D eigenvalue weighted by atomic mass is 10.1. The van der Waals surface area contributed by atoms with E-state index in [0.29, 0.717) is 21.5 Å². The maximum atomic E-state index is 13.1. The topological polar surface area (TPSA) is 91.7 Å². The molecule has 0 aromatic carbocycles. The number of hydrogen-bond donors (Lipinski definition) is 2. The molecule has 1 aliphatic heterocycles. The molecule has 1 aliphatic rings. The molecule has 1 unspecified atom stereocenters. The van der Waals surface area contributed by atoms with Gasteiger partial charge in [-0.1, -0.05) is 0 Å². The molecule has 1 atom stereocenters. The molecule has 0 bridgehead atoms. The number of rotatable bonds is 4. The zero-order valence-corrected chi connectivity index (χ0v) is 17.8. The Morgan fingerprint density at radius 1 is 1.29 bits per heavy atom. The number of furan rings is 1. The van der Waals surface area contributed by atoms with E-state index in [-0.39, 0.29) is 29.0 Å². The summed E-state index contributed by atoms with van der Waals surface area (Å²) in [5.41, 5.74) is 0.401. The van der Waals surface area contributed by atoms with Gasteiger partial charge in [-0.3, -0.25) is 14.4 Å². The molecule has 0 radical (unpaired) electrons. The largest absolute Gasteiger partial charge is 0.459 e. The maximum absolute atomic E-state index is 13.1. The van der Waals surface area contributed by atoms with Crippen LogP contribution in [0.25, 0.3) is 0 Å². The van der Waals surface area contributed by atoms with Crippen molar-refractivity contribution in [2.24, 2.45) is 0 Å². The van der Waals surface area contributed by atoms with E-state index in [1.165, 1.54) is 17.6 Å². The molecule has 0 aliphatic carbocycles. The van der Waals surface area contributed by atoms with Crippen molar-refractivity contribution in [3.05, 3.63) is 40.7 Å². The molecule has 9 heteroatoms. The first-order valence-corrected chi connectivity index (χ1v) is 10.8. The van der Waals surface area contributed by atoms with Crippen molar-refractivity contribution in [1.82, 2.24) is 10.2 Å². The molecule has 7 nitrogen and oxygen atoms in total. The molecule has 2 aromatic heterocycles. The Morgan fingerprint density at radius 3 is 2.68 bits per heavy atom. The van der Waals surface area contributed by atoms with E-state index in [4.69, 9.17) is 4.42 Å². The fraction of sp³-hybridized carbons (Fsp3) is 0.421. The molecular weight excluding hydrogens is 398 g/mol. The van der Waals surface area contributed by atoms with Crippen LogP contribution in [0.4, 0.5) is 5.00 Å². The smallest absolute Gasteiger partial charge is 0.291 e. The van der Waals surface area contributed by atoms with Gasteiger partial charge in [0.1, 0.15) is 6.04 Å². The van der Waals surface area contributed by atoms with Gasteiger partial charge in [-0.15, -0.1) is 23.1 Å². The van der Waals surface area contributed by atoms with Crippen molar-refractivity contribution in [2.75, 3.05) is 16.9 Å². The van der Waals surface area contributed by atoms with E-state index in [1.807, 2.05) is 27.7 Å². The predicted molar refractivity (Wildman–Crippen MR) is 111 cm³/mol. The second-order valence-electron chi connectivity index (χ2n) is 7.58. The number of thiophene rings is 1. The fourth-order valence-corrected chi connectivity index (χ4v) is 4.96. The molecule has 3 amide bonds. The van der Waals surface area contributed by atoms with Crippen LogP contribution in [0, 0.1) is 6.92 Å². The summed E-state index contributed by atoms with van der Waals surface area (Å²) in [5.74, 6) is 0.525. The lowest BCUT2D eigenvalue weighted by Crippen LogP contribution is -2.52. The molecule has 3 heterocycles. The Morgan fingerprint density at radius 2 is 2.04 bits per heavy atom. The van der Waals surface area contributed by atoms with Crippen LogP contribution in [0.2, 0.25) is 0 Å². The minimum atomic E-state index is -0.501. The number of anilines is 1. The van der Waals surface area contributed by atoms with Crippen molar-refractivity contribution in [3.8, 4) is 0 Å². The SMILES string of the molecule is Cc1cc(NC(=O)c2ccco2)sc1C(=O)N1CSCC1C(=O)NC(C)(C)C. The highest BCUT2D eigenvalue weighted by molar-refractivity contribution is 7.99. The summed E-state index contributed by atoms with van der Waals surface area (Å²) in [7, 11) is 0. The average molecular weight is 422 g/mol. The number of hydrogen-bond acceptors (Lipinski definition) is 6. The molecular formula is C19H23N3O4S2. The van der Waals surface area contributed by atoms with Gasteiger partial charge in [0.2, 0.25) is 5.91 Å². The molecule has 28 heavy (non-hydrogen) atoms. The third-order valence-electron chi connectivity index (χ3n) is 4.04. The molecule has 0 spiro atoms. The summed E-state index contributed by atoms with van der Waals surface area (Å²) in [4.78, 5) is 39.9. The van der Waals surface area contributed by atoms with E-state index in [1.54, 1.807) is 34.9 Å². The van der Waals surface area contributed by atoms with Crippen molar-refractivity contribution in [1.29, 1.82) is 0 Å². The van der Waals surface area contributed by atoms with Gasteiger partial charge in [0, 0.05) is 11.3 Å². The summed E-state index contributed by atoms with van der Waals surface area (Å²) < 4.78 is 5.08. The number of carbonyl (C=O) groups is 3. The Labute approximate surface area is 171 Å². The number of carbonyl (C=O) groups excluding carboxylic acids is 3. The number of aryl methyl sites for hydroxylation is 1. The van der Waals surface area contributed by atoms with E-state index < -0.39 is 6.04 Å². The predicted octanol–water partition coefficient (Wildman–Crippen LogP) is 3.33. The fourth-order valence-electron chi connectivity index (χ4n) is 2.78. The summed E-state index contributed by atoms with van der Waals surface area (Å²) in [6.07, 6.45) is 1.43. The maximum Gasteiger partial charge on any atom is 0.291 e. The summed E-state index contributed by atoms with van der Waals surface area (Å²) in [5, 5.41) is 6.26. The van der Waals surface area contributed by atoms with Gasteiger partial charge in [-0.2, -0.15) is 0 Å². The van der Waals surface area contributed by atoms with E-state index in [9.17, 15) is 14.4 Å². The van der Waals surface area contributed by atoms with Crippen LogP contribution in [0.15, 0.2) is 28.9 Å². The third-order valence-corrected chi connectivity index (χ3v) is 6.19. The second kappa shape index (κ2) is 8.00. The van der Waals surface area contributed by atoms with Crippen LogP contribution >= 0.6 is 23.1 Å². The highest BCUT2D eigenvalue weighted by Gasteiger charge is 2.37. The zero-order valence-electron chi connectivity index (χ0n) is 16.2. The summed E-state index contributed by atoms with van der Waals surface area (Å²) in [6, 6.07) is 4.46. The van der Waals surface area contributed by atoms with Gasteiger partial charge in [0.05, 0.1) is 22.0 Å². The van der Waals surface area contributed by atoms with Gasteiger partial charge in [-0.05, 0) is 51.5 Å². The Balaban J connectivity index is 1.74. The normalized spacial score (nSPS) is 16.9. The minimum Gasteiger partial charge on any atom is -0.459 e. The molecule has 3 rings (SSSR count). The molecule has 1 saturated heterocycles. The summed E-state index contributed by atoms with van der Waals surface area (Å²) >= 11 is 2.76. The van der Waals surface area contributed by atoms with Gasteiger partial charge in [0.15, 0.2) is 5.76 Å². The van der Waals surface area contributed by atoms with Gasteiger partial charge < -0.3 is 20.0 Å². The Hall–Kier alpha value is -2.26. The standard InChI is InChI=1S/C19H23N3O4S2/c1-11-8-14(20-17(24)13-6-5-7-26-13)28-15(11)18(25)22-10-27-9-12(22)16(23)21-19(2,3)4/h5-8,12H,9-10H2,1-4H3,(H,20,24)(H,21,23). The molecule has 150 valence electrons. The monoisotopic (exact) mass is 421 g/mol. The Kier molecular flexibility index (Phi) is 5.85. The second-order valence-corrected chi connectivity index (χ2v) is 9.64. The van der Waals surface area contributed by atoms with E-state index in [0.717, 1.165) is 5.56 Å². The molecule has 2 N–H and O–H groups in total. The summed E-state index contributed by atoms with van der Waals surface area (Å²) in [6.45, 7) is 7.56. The van der Waals surface area contributed by atoms with Gasteiger partial charge >= 0.3 is 0 Å². The van der Waals surface area contributed by atoms with Crippen molar-refractivity contribution < 1.29 is 18.8 Å². The quantitative estimate of drug-likeness (QED) is 0.790. The molecule has 2 aromatic rings. The van der Waals surface area contributed by atoms with Crippen LogP contribution in [0.5, 0.6) is 0 Å². The lowest BCUT2D eigenvalue weighted by molar-refractivity contribution is -0.125. The van der Waals surface area contributed by atoms with Crippen molar-refractivity contribution in [2.45, 2.75) is 39.3 Å². The lowest BCUT2D eigenvalue weighted by Gasteiger charge is -2.27. The average Bonchev–Trinajstić information content (AvgIpc) is 3.33. The number of nitrogens with zero attached hydrogens (tertiary/aromatic N) is 1. The highest BCUT2D eigenvalue weighted by atomic mass is 32.2. The van der Waals surface area contributed by atoms with Gasteiger partial charge in [-0.25, -0.2) is 0 Å². The van der Waals surface area contributed by atoms with Crippen molar-refractivity contribution in [3.63, 3.8) is 0 Å². The van der Waals surface area contributed by atoms with Crippen LogP contribution < -0.4 is 10.6 Å². The van der Waals surface area contributed by atoms with Crippen LogP contribution in [-0.4, -0.2) is 45.8 Å². The minimum absolute atomic E-state index is 0.147. The van der Waals surface area contributed by atoms with Crippen LogP contribution in [-0.2, 0) is 4.79 Å². The number of thioether (sulfide) groups is 1. The van der Waals surface area contributed by atoms with Crippen LogP contribution in [0.3, 0.4) is 0 Å². The third kappa shape index (κ3) is 4.59. The van der Waals surface area contributed by atoms with E-state index >= 15 is 0 Å². The van der Waals surface area contributed by atoms with Crippen LogP contribution in [0.1, 0.15) is 46.6 Å². The first kappa shape index (κ1) is 20.5. The number of nitrogens with one attached hydrogen (secondary N) is 2. The first-order chi connectivity index (χ1) is 13.2. The Bertz CT molecular complexity index is 884. The first-order valence-electron chi connectivity index (χ1n) is 8.82. The zero-order chi connectivity index (χ0) is 20.5. The van der Waals surface area contributed by atoms with E-state index in [2.05, 4.69) is 10.6 Å². The molecule has 1 fully saturated rings. The highest BCUT2D eigenvalue weighted by Crippen LogP contribution is 2.31. The van der Waals surface area contributed by atoms with Crippen molar-refractivity contribution >= 4 is 45.8 Å². The van der Waals surface area contributed by atoms with Gasteiger partial charge in [0.25, 0.3) is 11.8 Å².